The Morgan fingerprint density at radius 1 is 1.38 bits per heavy atom. The lowest BCUT2D eigenvalue weighted by molar-refractivity contribution is 0.777. The third-order valence-electron chi connectivity index (χ3n) is 1.86. The highest BCUT2D eigenvalue weighted by Gasteiger charge is 2.07. The van der Waals surface area contributed by atoms with E-state index < -0.39 is 0 Å². The van der Waals surface area contributed by atoms with Crippen molar-refractivity contribution in [2.45, 2.75) is 0 Å². The summed E-state index contributed by atoms with van der Waals surface area (Å²) in [6.45, 7) is 0. The Morgan fingerprint density at radius 2 is 2.23 bits per heavy atom. The predicted molar refractivity (Wildman–Crippen MR) is 49.1 cm³/mol. The average Bonchev–Trinajstić information content (AvgIpc) is 2.63. The summed E-state index contributed by atoms with van der Waals surface area (Å²) in [5.74, 6) is 0.782. The molecule has 0 saturated carbocycles. The van der Waals surface area contributed by atoms with Crippen LogP contribution in [0.4, 0.5) is 5.82 Å². The predicted octanol–water partition coefficient (Wildman–Crippen LogP) is -0.0765. The molecule has 6 nitrogen and oxygen atoms in total. The molecule has 0 saturated heterocycles. The van der Waals surface area contributed by atoms with Crippen molar-refractivity contribution in [2.75, 3.05) is 19.1 Å². The van der Waals surface area contributed by atoms with Gasteiger partial charge in [-0.15, -0.1) is 0 Å². The van der Waals surface area contributed by atoms with Crippen molar-refractivity contribution >= 4 is 17.0 Å². The van der Waals surface area contributed by atoms with E-state index in [2.05, 4.69) is 25.4 Å². The fourth-order valence-corrected chi connectivity index (χ4v) is 1.11. The molecule has 0 unspecified atom stereocenters. The molecule has 0 radical (unpaired) electrons. The molecule has 68 valence electrons. The molecule has 0 spiro atoms. The number of imidazole rings is 1. The summed E-state index contributed by atoms with van der Waals surface area (Å²) in [6, 6.07) is 0. The van der Waals surface area contributed by atoms with Crippen LogP contribution in [-0.4, -0.2) is 34.0 Å². The number of anilines is 1. The molecule has 2 N–H and O–H groups in total. The lowest BCUT2D eigenvalue weighted by Gasteiger charge is -2.15. The quantitative estimate of drug-likeness (QED) is 0.630. The number of hydrogen-bond donors (Lipinski definition) is 2. The Kier molecular flexibility index (Phi) is 1.82. The molecule has 0 bridgehead atoms. The summed E-state index contributed by atoms with van der Waals surface area (Å²) < 4.78 is 0. The van der Waals surface area contributed by atoms with Gasteiger partial charge in [-0.3, -0.25) is 5.01 Å². The van der Waals surface area contributed by atoms with Gasteiger partial charge in [0.25, 0.3) is 0 Å². The normalized spacial score (nSPS) is 10.6. The van der Waals surface area contributed by atoms with E-state index in [9.17, 15) is 0 Å². The number of aromatic amines is 1. The molecule has 0 fully saturated rings. The van der Waals surface area contributed by atoms with Gasteiger partial charge >= 0.3 is 0 Å². The highest BCUT2D eigenvalue weighted by molar-refractivity contribution is 5.82. The van der Waals surface area contributed by atoms with Crippen LogP contribution in [0.2, 0.25) is 0 Å². The lowest BCUT2D eigenvalue weighted by atomic mass is 10.5. The number of aromatic nitrogens is 4. The Morgan fingerprint density at radius 3 is 3.00 bits per heavy atom. The number of rotatable bonds is 2. The number of nitrogens with one attached hydrogen (secondary N) is 2. The molecule has 2 rings (SSSR count). The van der Waals surface area contributed by atoms with E-state index in [0.29, 0.717) is 5.65 Å². The van der Waals surface area contributed by atoms with E-state index in [1.54, 1.807) is 11.3 Å². The highest BCUT2D eigenvalue weighted by Crippen LogP contribution is 2.15. The van der Waals surface area contributed by atoms with E-state index >= 15 is 0 Å². The molecular formula is C7H10N6. The van der Waals surface area contributed by atoms with Gasteiger partial charge in [-0.25, -0.2) is 20.4 Å². The van der Waals surface area contributed by atoms with Crippen LogP contribution in [0.1, 0.15) is 0 Å². The average molecular weight is 178 g/mol. The summed E-state index contributed by atoms with van der Waals surface area (Å²) in [4.78, 5) is 15.2. The first kappa shape index (κ1) is 7.93. The molecule has 0 aliphatic carbocycles. The van der Waals surface area contributed by atoms with Crippen LogP contribution in [0.3, 0.4) is 0 Å². The van der Waals surface area contributed by atoms with Crippen molar-refractivity contribution in [3.8, 4) is 0 Å². The van der Waals surface area contributed by atoms with Crippen LogP contribution in [0, 0.1) is 0 Å². The summed E-state index contributed by atoms with van der Waals surface area (Å²) >= 11 is 0. The van der Waals surface area contributed by atoms with E-state index in [1.165, 1.54) is 6.33 Å². The van der Waals surface area contributed by atoms with Crippen LogP contribution in [-0.2, 0) is 0 Å². The van der Waals surface area contributed by atoms with E-state index in [-0.39, 0.29) is 0 Å². The second-order valence-corrected chi connectivity index (χ2v) is 2.58. The van der Waals surface area contributed by atoms with Crippen LogP contribution in [0.15, 0.2) is 12.7 Å². The van der Waals surface area contributed by atoms with Crippen LogP contribution in [0.25, 0.3) is 11.2 Å². The van der Waals surface area contributed by atoms with Gasteiger partial charge in [0.05, 0.1) is 6.33 Å². The minimum atomic E-state index is 0.673. The van der Waals surface area contributed by atoms with Crippen molar-refractivity contribution < 1.29 is 0 Å². The highest BCUT2D eigenvalue weighted by atomic mass is 15.5. The number of hydrazine groups is 1. The van der Waals surface area contributed by atoms with Crippen LogP contribution >= 0.6 is 0 Å². The molecule has 0 aliphatic heterocycles. The first-order chi connectivity index (χ1) is 6.33. The molecule has 2 aromatic rings. The largest absolute Gasteiger partial charge is 0.340 e. The fraction of sp³-hybridized carbons (Fsp3) is 0.286. The van der Waals surface area contributed by atoms with Crippen molar-refractivity contribution in [1.82, 2.24) is 25.4 Å². The Hall–Kier alpha value is -1.69. The monoisotopic (exact) mass is 178 g/mol. The molecule has 0 aliphatic rings. The molecule has 0 aromatic carbocycles. The van der Waals surface area contributed by atoms with Gasteiger partial charge in [-0.1, -0.05) is 0 Å². The second kappa shape index (κ2) is 2.98. The van der Waals surface area contributed by atoms with E-state index in [1.807, 2.05) is 14.1 Å². The van der Waals surface area contributed by atoms with Gasteiger partial charge in [-0.2, -0.15) is 0 Å². The molecule has 2 heterocycles. The zero-order valence-corrected chi connectivity index (χ0v) is 7.44. The minimum Gasteiger partial charge on any atom is -0.340 e. The third kappa shape index (κ3) is 1.20. The SMILES string of the molecule is CNN(C)c1ncnc2nc[nH]c12. The number of nitrogens with zero attached hydrogens (tertiary/aromatic N) is 4. The molecular weight excluding hydrogens is 168 g/mol. The van der Waals surface area contributed by atoms with Crippen LogP contribution in [0.5, 0.6) is 0 Å². The first-order valence-corrected chi connectivity index (χ1v) is 3.88. The zero-order valence-electron chi connectivity index (χ0n) is 7.44. The first-order valence-electron chi connectivity index (χ1n) is 3.88. The van der Waals surface area contributed by atoms with Crippen molar-refractivity contribution in [3.63, 3.8) is 0 Å². The van der Waals surface area contributed by atoms with Crippen molar-refractivity contribution in [1.29, 1.82) is 0 Å². The van der Waals surface area contributed by atoms with Gasteiger partial charge in [-0.05, 0) is 0 Å². The summed E-state index contributed by atoms with van der Waals surface area (Å²) in [5.41, 5.74) is 4.46. The van der Waals surface area contributed by atoms with Gasteiger partial charge in [0.1, 0.15) is 11.8 Å². The topological polar surface area (TPSA) is 69.7 Å². The summed E-state index contributed by atoms with van der Waals surface area (Å²) in [7, 11) is 3.70. The van der Waals surface area contributed by atoms with Gasteiger partial charge in [0, 0.05) is 14.1 Å². The fourth-order valence-electron chi connectivity index (χ4n) is 1.11. The van der Waals surface area contributed by atoms with Gasteiger partial charge < -0.3 is 4.98 Å². The Bertz CT molecular complexity index is 408. The smallest absolute Gasteiger partial charge is 0.182 e. The second-order valence-electron chi connectivity index (χ2n) is 2.58. The third-order valence-corrected chi connectivity index (χ3v) is 1.86. The molecule has 13 heavy (non-hydrogen) atoms. The maximum atomic E-state index is 4.13. The van der Waals surface area contributed by atoms with Crippen LogP contribution < -0.4 is 10.4 Å². The Balaban J connectivity index is 2.60. The maximum Gasteiger partial charge on any atom is 0.182 e. The van der Waals surface area contributed by atoms with Crippen molar-refractivity contribution in [2.24, 2.45) is 0 Å². The van der Waals surface area contributed by atoms with Gasteiger partial charge in [0.15, 0.2) is 11.5 Å². The maximum absolute atomic E-state index is 4.13. The van der Waals surface area contributed by atoms with Gasteiger partial charge in [0.2, 0.25) is 0 Å². The van der Waals surface area contributed by atoms with Crippen molar-refractivity contribution in [3.05, 3.63) is 12.7 Å². The number of H-pyrrole nitrogens is 1. The molecule has 0 atom stereocenters. The number of hydrogen-bond acceptors (Lipinski definition) is 5. The number of fused-ring (bicyclic) bond motifs is 1. The molecule has 0 amide bonds. The summed E-state index contributed by atoms with van der Waals surface area (Å²) in [5, 5.41) is 1.79. The summed E-state index contributed by atoms with van der Waals surface area (Å²) in [6.07, 6.45) is 3.10. The Labute approximate surface area is 75.0 Å². The zero-order chi connectivity index (χ0) is 9.26. The van der Waals surface area contributed by atoms with E-state index in [0.717, 1.165) is 11.3 Å². The molecule has 6 heteroatoms. The molecule has 2 aromatic heterocycles. The lowest BCUT2D eigenvalue weighted by Crippen LogP contribution is -2.31. The minimum absolute atomic E-state index is 0.673. The standard InChI is InChI=1S/C7H10N6/c1-8-13(2)7-5-6(10-3-9-5)11-4-12-7/h3-4,8H,1-2H3,(H,9,10,11,12). The van der Waals surface area contributed by atoms with E-state index in [4.69, 9.17) is 0 Å².